The van der Waals surface area contributed by atoms with E-state index in [2.05, 4.69) is 30.5 Å². The number of aromatic nitrogens is 4. The summed E-state index contributed by atoms with van der Waals surface area (Å²) in [7, 11) is 0. The molecule has 5 aliphatic heterocycles. The highest BCUT2D eigenvalue weighted by molar-refractivity contribution is 7.13. The van der Waals surface area contributed by atoms with Crippen LogP contribution in [0.5, 0.6) is 0 Å². The Labute approximate surface area is 364 Å². The van der Waals surface area contributed by atoms with Crippen LogP contribution >= 0.6 is 11.3 Å². The number of alkyl halides is 2. The zero-order valence-electron chi connectivity index (χ0n) is 34.2. The number of hydrogen-bond acceptors (Lipinski definition) is 11. The van der Waals surface area contributed by atoms with Crippen molar-refractivity contribution in [3.05, 3.63) is 107 Å². The second-order valence-electron chi connectivity index (χ2n) is 16.6. The fourth-order valence-electron chi connectivity index (χ4n) is 9.69. The number of piperidine rings is 1. The summed E-state index contributed by atoms with van der Waals surface area (Å²) >= 11 is 1.25. The molecular weight excluding hydrogens is 836 g/mol. The summed E-state index contributed by atoms with van der Waals surface area (Å²) in [5.41, 5.74) is 4.89. The molecule has 0 bridgehead atoms. The van der Waals surface area contributed by atoms with Gasteiger partial charge in [-0.25, -0.2) is 27.9 Å². The number of nitrogens with zero attached hydrogens (tertiary/aromatic N) is 9. The van der Waals surface area contributed by atoms with Crippen LogP contribution in [0.25, 0.3) is 11.1 Å². The molecule has 19 heteroatoms. The summed E-state index contributed by atoms with van der Waals surface area (Å²) in [4.78, 5) is 73.8. The van der Waals surface area contributed by atoms with Gasteiger partial charge in [-0.3, -0.25) is 44.7 Å². The lowest BCUT2D eigenvalue weighted by atomic mass is 9.96. The van der Waals surface area contributed by atoms with E-state index < -0.39 is 48.2 Å². The molecule has 3 aromatic heterocycles. The minimum absolute atomic E-state index is 0.112. The minimum atomic E-state index is -2.99. The molecular formula is C44H44F3N11O4S. The lowest BCUT2D eigenvalue weighted by molar-refractivity contribution is -0.121. The van der Waals surface area contributed by atoms with Gasteiger partial charge in [-0.15, -0.1) is 11.3 Å². The van der Waals surface area contributed by atoms with E-state index in [0.717, 1.165) is 24.2 Å². The number of amides is 5. The Morgan fingerprint density at radius 3 is 2.54 bits per heavy atom. The minimum Gasteiger partial charge on any atom is -0.365 e. The van der Waals surface area contributed by atoms with Gasteiger partial charge in [0.15, 0.2) is 11.2 Å². The number of urea groups is 1. The lowest BCUT2D eigenvalue weighted by Crippen LogP contribution is -2.61. The van der Waals surface area contributed by atoms with Gasteiger partial charge in [0.25, 0.3) is 17.7 Å². The number of pyridine rings is 1. The van der Waals surface area contributed by atoms with E-state index in [1.807, 2.05) is 15.5 Å². The second-order valence-corrected chi connectivity index (χ2v) is 17.5. The van der Waals surface area contributed by atoms with E-state index in [1.165, 1.54) is 27.2 Å². The van der Waals surface area contributed by atoms with Crippen molar-refractivity contribution >= 4 is 51.6 Å². The number of aryl methyl sites for hydroxylation is 1. The Balaban J connectivity index is 0.786. The predicted octanol–water partition coefficient (Wildman–Crippen LogP) is 5.30. The van der Waals surface area contributed by atoms with Gasteiger partial charge in [0.05, 0.1) is 43.0 Å². The summed E-state index contributed by atoms with van der Waals surface area (Å²) in [5, 5.41) is 7.28. The number of hydrogen-bond donors (Lipinski definition) is 2. The van der Waals surface area contributed by atoms with Crippen molar-refractivity contribution < 1.29 is 32.3 Å². The van der Waals surface area contributed by atoms with Crippen molar-refractivity contribution in [2.75, 3.05) is 60.9 Å². The van der Waals surface area contributed by atoms with E-state index >= 15 is 13.2 Å². The maximum absolute atomic E-state index is 16.0. The Kier molecular flexibility index (Phi) is 10.7. The number of carbonyl (C=O) groups excluding carboxylic acids is 4. The molecule has 0 radical (unpaired) electrons. The summed E-state index contributed by atoms with van der Waals surface area (Å²) in [5.74, 6) is -4.85. The second kappa shape index (κ2) is 16.5. The number of imidazole rings is 1. The van der Waals surface area contributed by atoms with Crippen molar-refractivity contribution in [1.82, 2.24) is 39.5 Å². The Hall–Kier alpha value is -6.18. The van der Waals surface area contributed by atoms with Crippen molar-refractivity contribution in [2.24, 2.45) is 0 Å². The van der Waals surface area contributed by atoms with Gasteiger partial charge in [-0.2, -0.15) is 0 Å². The number of rotatable bonds is 10. The molecule has 2 unspecified atom stereocenters. The van der Waals surface area contributed by atoms with Crippen molar-refractivity contribution in [1.29, 1.82) is 0 Å². The molecule has 5 aromatic rings. The highest BCUT2D eigenvalue weighted by Gasteiger charge is 2.48. The molecule has 15 nitrogen and oxygen atoms in total. The highest BCUT2D eigenvalue weighted by Crippen LogP contribution is 2.39. The summed E-state index contributed by atoms with van der Waals surface area (Å²) in [6.45, 7) is 3.50. The van der Waals surface area contributed by atoms with Crippen LogP contribution in [0, 0.1) is 5.82 Å². The monoisotopic (exact) mass is 879 g/mol. The molecule has 5 aliphatic rings. The van der Waals surface area contributed by atoms with Crippen LogP contribution in [0.15, 0.2) is 72.8 Å². The number of imide groups is 1. The van der Waals surface area contributed by atoms with Crippen LogP contribution in [-0.2, 0) is 35.6 Å². The third-order valence-electron chi connectivity index (χ3n) is 12.9. The molecule has 2 atom stereocenters. The molecule has 3 saturated heterocycles. The van der Waals surface area contributed by atoms with E-state index in [0.29, 0.717) is 79.0 Å². The zero-order chi connectivity index (χ0) is 43.4. The number of anilines is 3. The maximum atomic E-state index is 16.0. The number of nitrogens with one attached hydrogen (secondary N) is 2. The molecule has 326 valence electrons. The van der Waals surface area contributed by atoms with Crippen LogP contribution in [0.2, 0.25) is 0 Å². The fourth-order valence-corrected chi connectivity index (χ4v) is 10.2. The van der Waals surface area contributed by atoms with Gasteiger partial charge < -0.3 is 14.4 Å². The standard InChI is InChI=1S/C44H44F3N11O4S/c45-33-21-29(20-31-32(33)24-58(41(31)61)39(40(60)52-42-49-11-19-63-42)38-34-2-1-12-56(34)26-50-38)27-3-5-30(6-4-27)55-13-8-36(44(46,47)25-55)54-17-15-53(16-18-54)23-28-7-10-48-22-35(28)57-14-9-37(59)51-43(57)62/h3-7,10-11,19-22,26,36,39H,1-2,8-9,12-18,23-25H2,(H,49,52,60)(H,51,59,62). The zero-order valence-corrected chi connectivity index (χ0v) is 35.0. The van der Waals surface area contributed by atoms with Crippen LogP contribution < -0.4 is 20.4 Å². The molecule has 0 aliphatic carbocycles. The fraction of sp³-hybridized carbons (Fsp3) is 0.386. The van der Waals surface area contributed by atoms with Gasteiger partial charge >= 0.3 is 6.03 Å². The van der Waals surface area contributed by atoms with Crippen molar-refractivity contribution in [2.45, 2.75) is 63.3 Å². The normalized spacial score (nSPS) is 20.8. The van der Waals surface area contributed by atoms with E-state index in [1.54, 1.807) is 65.5 Å². The maximum Gasteiger partial charge on any atom is 0.328 e. The molecule has 0 spiro atoms. The summed E-state index contributed by atoms with van der Waals surface area (Å²) in [6.07, 6.45) is 8.59. The Morgan fingerprint density at radius 2 is 1.78 bits per heavy atom. The van der Waals surface area contributed by atoms with Crippen LogP contribution in [0.3, 0.4) is 0 Å². The first-order valence-corrected chi connectivity index (χ1v) is 22.0. The van der Waals surface area contributed by atoms with Gasteiger partial charge in [0, 0.05) is 99.1 Å². The van der Waals surface area contributed by atoms with Gasteiger partial charge in [-0.1, -0.05) is 12.1 Å². The average Bonchev–Trinajstić information content (AvgIpc) is 4.10. The quantitative estimate of drug-likeness (QED) is 0.189. The van der Waals surface area contributed by atoms with Gasteiger partial charge in [0.2, 0.25) is 5.91 Å². The number of carbonyl (C=O) groups is 4. The van der Waals surface area contributed by atoms with Crippen molar-refractivity contribution in [3.63, 3.8) is 0 Å². The highest BCUT2D eigenvalue weighted by atomic mass is 32.1. The van der Waals surface area contributed by atoms with Crippen LogP contribution in [0.1, 0.15) is 58.2 Å². The summed E-state index contributed by atoms with van der Waals surface area (Å²) in [6, 6.07) is 9.35. The average molecular weight is 880 g/mol. The first-order chi connectivity index (χ1) is 30.5. The first kappa shape index (κ1) is 40.9. The molecule has 0 saturated carbocycles. The molecule has 63 heavy (non-hydrogen) atoms. The van der Waals surface area contributed by atoms with E-state index in [-0.39, 0.29) is 43.0 Å². The van der Waals surface area contributed by atoms with E-state index in [9.17, 15) is 19.2 Å². The number of halogens is 3. The summed E-state index contributed by atoms with van der Waals surface area (Å²) < 4.78 is 50.0. The molecule has 3 fully saturated rings. The predicted molar refractivity (Wildman–Crippen MR) is 228 cm³/mol. The third-order valence-corrected chi connectivity index (χ3v) is 13.6. The molecule has 2 N–H and O–H groups in total. The Bertz CT molecular complexity index is 2580. The molecule has 8 heterocycles. The third kappa shape index (κ3) is 7.82. The molecule has 10 rings (SSSR count). The first-order valence-electron chi connectivity index (χ1n) is 21.1. The number of thiazole rings is 1. The molecule has 5 amide bonds. The smallest absolute Gasteiger partial charge is 0.328 e. The largest absolute Gasteiger partial charge is 0.365 e. The number of fused-ring (bicyclic) bond motifs is 2. The Morgan fingerprint density at radius 1 is 0.952 bits per heavy atom. The molecule has 2 aromatic carbocycles. The van der Waals surface area contributed by atoms with Gasteiger partial charge in [0.1, 0.15) is 5.82 Å². The van der Waals surface area contributed by atoms with E-state index in [4.69, 9.17) is 0 Å². The lowest BCUT2D eigenvalue weighted by Gasteiger charge is -2.47. The van der Waals surface area contributed by atoms with Crippen molar-refractivity contribution in [3.8, 4) is 11.1 Å². The number of piperazine rings is 1. The van der Waals surface area contributed by atoms with Crippen LogP contribution in [-0.4, -0.2) is 116 Å². The number of benzene rings is 2. The van der Waals surface area contributed by atoms with Gasteiger partial charge in [-0.05, 0) is 66.3 Å². The topological polar surface area (TPSA) is 152 Å². The SMILES string of the molecule is O=C1CCN(c2cnccc2CN2CCN(C3CCN(c4ccc(-c5cc(F)c6c(c5)C(=O)N(C(C(=O)Nc5nccs5)c5ncn7c5CCC7)C6)cc4)CC3(F)F)CC2)C(=O)N1. The van der Waals surface area contributed by atoms with Crippen LogP contribution in [0.4, 0.5) is 34.5 Å².